The lowest BCUT2D eigenvalue weighted by Crippen LogP contribution is -1.99. The van der Waals surface area contributed by atoms with Crippen LogP contribution in [-0.4, -0.2) is 19.5 Å². The van der Waals surface area contributed by atoms with Crippen LogP contribution in [0.5, 0.6) is 0 Å². The Bertz CT molecular complexity index is 754. The highest BCUT2D eigenvalue weighted by molar-refractivity contribution is 7.85. The number of hydrogen-bond acceptors (Lipinski definition) is 5. The quantitative estimate of drug-likeness (QED) is 0.441. The summed E-state index contributed by atoms with van der Waals surface area (Å²) in [6, 6.07) is 13.1. The summed E-state index contributed by atoms with van der Waals surface area (Å²) < 4.78 is 30.8. The standard InChI is InChI=1S/C16H19N3O3S/c1-2-3-12-17-13-4-6-14(7-5-13)18-19-15-8-10-16(11-9-15)23(20,21)22/h4-11,17H,2-3,12H2,1H3,(H,20,21,22). The van der Waals surface area contributed by atoms with Gasteiger partial charge in [0.25, 0.3) is 10.1 Å². The lowest BCUT2D eigenvalue weighted by molar-refractivity contribution is 0.483. The molecule has 0 aliphatic rings. The van der Waals surface area contributed by atoms with E-state index < -0.39 is 10.1 Å². The number of rotatable bonds is 7. The fourth-order valence-corrected chi connectivity index (χ4v) is 2.34. The number of benzene rings is 2. The predicted octanol–water partition coefficient (Wildman–Crippen LogP) is 4.56. The zero-order valence-electron chi connectivity index (χ0n) is 12.8. The van der Waals surface area contributed by atoms with Crippen molar-refractivity contribution in [1.29, 1.82) is 0 Å². The van der Waals surface area contributed by atoms with Crippen molar-refractivity contribution in [2.45, 2.75) is 24.7 Å². The summed E-state index contributed by atoms with van der Waals surface area (Å²) in [5, 5.41) is 11.4. The highest BCUT2D eigenvalue weighted by atomic mass is 32.2. The molecule has 0 saturated heterocycles. The first-order valence-electron chi connectivity index (χ1n) is 7.32. The third kappa shape index (κ3) is 5.46. The van der Waals surface area contributed by atoms with Gasteiger partial charge in [-0.25, -0.2) is 0 Å². The molecular formula is C16H19N3O3S. The van der Waals surface area contributed by atoms with Crippen LogP contribution in [0, 0.1) is 0 Å². The normalized spacial score (nSPS) is 11.7. The molecule has 0 spiro atoms. The summed E-state index contributed by atoms with van der Waals surface area (Å²) in [5.74, 6) is 0. The van der Waals surface area contributed by atoms with Gasteiger partial charge in [0.05, 0.1) is 16.3 Å². The second-order valence-corrected chi connectivity index (χ2v) is 6.42. The lowest BCUT2D eigenvalue weighted by Gasteiger charge is -2.04. The number of nitrogens with zero attached hydrogens (tertiary/aromatic N) is 2. The minimum Gasteiger partial charge on any atom is -0.385 e. The van der Waals surface area contributed by atoms with Gasteiger partial charge in [-0.2, -0.15) is 18.6 Å². The first-order chi connectivity index (χ1) is 11.0. The first kappa shape index (κ1) is 17.1. The zero-order valence-corrected chi connectivity index (χ0v) is 13.6. The molecule has 2 aromatic rings. The average Bonchev–Trinajstić information content (AvgIpc) is 2.54. The maximum Gasteiger partial charge on any atom is 0.294 e. The van der Waals surface area contributed by atoms with Crippen molar-refractivity contribution < 1.29 is 13.0 Å². The molecule has 0 aliphatic heterocycles. The fourth-order valence-electron chi connectivity index (χ4n) is 1.86. The SMILES string of the molecule is CCCCNc1ccc(N=Nc2ccc(S(=O)(=O)O)cc2)cc1. The van der Waals surface area contributed by atoms with E-state index in [2.05, 4.69) is 22.5 Å². The van der Waals surface area contributed by atoms with Gasteiger partial charge in [0.15, 0.2) is 0 Å². The van der Waals surface area contributed by atoms with Crippen molar-refractivity contribution >= 4 is 27.2 Å². The molecule has 23 heavy (non-hydrogen) atoms. The lowest BCUT2D eigenvalue weighted by atomic mass is 10.2. The average molecular weight is 333 g/mol. The summed E-state index contributed by atoms with van der Waals surface area (Å²) in [4.78, 5) is -0.168. The Morgan fingerprint density at radius 1 is 0.957 bits per heavy atom. The molecule has 0 bridgehead atoms. The predicted molar refractivity (Wildman–Crippen MR) is 90.3 cm³/mol. The third-order valence-electron chi connectivity index (χ3n) is 3.14. The van der Waals surface area contributed by atoms with Crippen molar-refractivity contribution in [3.8, 4) is 0 Å². The number of unbranched alkanes of at least 4 members (excludes halogenated alkanes) is 1. The number of azo groups is 1. The van der Waals surface area contributed by atoms with E-state index in [9.17, 15) is 8.42 Å². The van der Waals surface area contributed by atoms with E-state index in [1.165, 1.54) is 24.3 Å². The molecule has 0 aliphatic carbocycles. The van der Waals surface area contributed by atoms with E-state index in [1.54, 1.807) is 0 Å². The van der Waals surface area contributed by atoms with E-state index in [-0.39, 0.29) is 4.90 Å². The van der Waals surface area contributed by atoms with Crippen molar-refractivity contribution in [2.24, 2.45) is 10.2 Å². The van der Waals surface area contributed by atoms with Gasteiger partial charge in [-0.05, 0) is 55.0 Å². The maximum atomic E-state index is 10.9. The molecule has 0 saturated carbocycles. The molecule has 7 heteroatoms. The number of anilines is 1. The molecular weight excluding hydrogens is 314 g/mol. The molecule has 2 rings (SSSR count). The molecule has 6 nitrogen and oxygen atoms in total. The van der Waals surface area contributed by atoms with Gasteiger partial charge < -0.3 is 5.32 Å². The van der Waals surface area contributed by atoms with Gasteiger partial charge in [0, 0.05) is 12.2 Å². The van der Waals surface area contributed by atoms with Gasteiger partial charge in [0.2, 0.25) is 0 Å². The first-order valence-corrected chi connectivity index (χ1v) is 8.76. The third-order valence-corrected chi connectivity index (χ3v) is 4.01. The van der Waals surface area contributed by atoms with E-state index >= 15 is 0 Å². The topological polar surface area (TPSA) is 91.1 Å². The molecule has 0 aromatic heterocycles. The highest BCUT2D eigenvalue weighted by Gasteiger charge is 2.07. The van der Waals surface area contributed by atoms with Crippen LogP contribution in [0.25, 0.3) is 0 Å². The Hall–Kier alpha value is -2.25. The Morgan fingerprint density at radius 2 is 1.48 bits per heavy atom. The second-order valence-electron chi connectivity index (χ2n) is 5.00. The maximum absolute atomic E-state index is 10.9. The minimum atomic E-state index is -4.18. The van der Waals surface area contributed by atoms with Crippen LogP contribution in [0.2, 0.25) is 0 Å². The Balaban J connectivity index is 1.99. The van der Waals surface area contributed by atoms with Gasteiger partial charge >= 0.3 is 0 Å². The molecule has 0 fully saturated rings. The highest BCUT2D eigenvalue weighted by Crippen LogP contribution is 2.21. The summed E-state index contributed by atoms with van der Waals surface area (Å²) in [6.07, 6.45) is 2.27. The molecule has 0 unspecified atom stereocenters. The van der Waals surface area contributed by atoms with Crippen LogP contribution in [0.3, 0.4) is 0 Å². The number of nitrogens with one attached hydrogen (secondary N) is 1. The van der Waals surface area contributed by atoms with Gasteiger partial charge in [0.1, 0.15) is 0 Å². The van der Waals surface area contributed by atoms with Crippen LogP contribution in [0.1, 0.15) is 19.8 Å². The van der Waals surface area contributed by atoms with Crippen LogP contribution in [0.4, 0.5) is 17.1 Å². The Morgan fingerprint density at radius 3 is 1.96 bits per heavy atom. The minimum absolute atomic E-state index is 0.168. The summed E-state index contributed by atoms with van der Waals surface area (Å²) >= 11 is 0. The van der Waals surface area contributed by atoms with Gasteiger partial charge in [-0.3, -0.25) is 4.55 Å². The largest absolute Gasteiger partial charge is 0.385 e. The Kier molecular flexibility index (Phi) is 5.84. The van der Waals surface area contributed by atoms with Crippen LogP contribution >= 0.6 is 0 Å². The second kappa shape index (κ2) is 7.85. The van der Waals surface area contributed by atoms with Gasteiger partial charge in [-0.1, -0.05) is 13.3 Å². The van der Waals surface area contributed by atoms with Crippen LogP contribution in [-0.2, 0) is 10.1 Å². The van der Waals surface area contributed by atoms with Crippen molar-refractivity contribution in [2.75, 3.05) is 11.9 Å². The molecule has 2 N–H and O–H groups in total. The van der Waals surface area contributed by atoms with Crippen molar-refractivity contribution in [3.05, 3.63) is 48.5 Å². The molecule has 0 amide bonds. The number of hydrogen-bond donors (Lipinski definition) is 2. The molecule has 0 atom stereocenters. The summed E-state index contributed by atoms with van der Waals surface area (Å²) in [7, 11) is -4.18. The zero-order chi connectivity index (χ0) is 16.7. The molecule has 0 radical (unpaired) electrons. The van der Waals surface area contributed by atoms with E-state index in [1.807, 2.05) is 24.3 Å². The van der Waals surface area contributed by atoms with Crippen LogP contribution in [0.15, 0.2) is 63.7 Å². The van der Waals surface area contributed by atoms with Crippen LogP contribution < -0.4 is 5.32 Å². The molecule has 122 valence electrons. The van der Waals surface area contributed by atoms with Crippen molar-refractivity contribution in [3.63, 3.8) is 0 Å². The Labute approximate surface area is 136 Å². The molecule has 2 aromatic carbocycles. The summed E-state index contributed by atoms with van der Waals surface area (Å²) in [6.45, 7) is 3.09. The van der Waals surface area contributed by atoms with E-state index in [0.29, 0.717) is 11.4 Å². The van der Waals surface area contributed by atoms with Gasteiger partial charge in [-0.15, -0.1) is 0 Å². The monoisotopic (exact) mass is 333 g/mol. The summed E-state index contributed by atoms with van der Waals surface area (Å²) in [5.41, 5.74) is 2.24. The smallest absolute Gasteiger partial charge is 0.294 e. The molecule has 0 heterocycles. The van der Waals surface area contributed by atoms with Crippen molar-refractivity contribution in [1.82, 2.24) is 0 Å². The van der Waals surface area contributed by atoms with E-state index in [4.69, 9.17) is 4.55 Å². The fraction of sp³-hybridized carbons (Fsp3) is 0.250. The van der Waals surface area contributed by atoms with E-state index in [0.717, 1.165) is 25.1 Å².